The summed E-state index contributed by atoms with van der Waals surface area (Å²) < 4.78 is 36.4. The van der Waals surface area contributed by atoms with Crippen LogP contribution in [0.5, 0.6) is 28.7 Å². The highest BCUT2D eigenvalue weighted by atomic mass is 19.1. The summed E-state index contributed by atoms with van der Waals surface area (Å²) in [5, 5.41) is 3.62. The van der Waals surface area contributed by atoms with E-state index in [1.54, 1.807) is 50.6 Å². The second-order valence-corrected chi connectivity index (χ2v) is 6.62. The molecule has 4 rings (SSSR count). The summed E-state index contributed by atoms with van der Waals surface area (Å²) >= 11 is 0. The lowest BCUT2D eigenvalue weighted by molar-refractivity contribution is 0.356. The average molecular weight is 420 g/mol. The second kappa shape index (κ2) is 8.79. The average Bonchev–Trinajstić information content (AvgIpc) is 2.80. The number of hydrogen-bond donors (Lipinski definition) is 1. The first-order chi connectivity index (χ1) is 15.1. The molecule has 0 aliphatic rings. The van der Waals surface area contributed by atoms with Crippen molar-refractivity contribution in [3.8, 4) is 28.7 Å². The van der Waals surface area contributed by atoms with Crippen LogP contribution in [-0.4, -0.2) is 26.3 Å². The topological polar surface area (TPSA) is 61.8 Å². The van der Waals surface area contributed by atoms with Gasteiger partial charge in [-0.15, -0.1) is 0 Å². The molecule has 0 aliphatic heterocycles. The van der Waals surface area contributed by atoms with Gasteiger partial charge in [0.25, 0.3) is 0 Å². The molecule has 0 saturated heterocycles. The molecule has 1 heterocycles. The molecule has 4 aromatic rings. The molecular weight excluding hydrogens is 399 g/mol. The molecule has 0 bridgehead atoms. The monoisotopic (exact) mass is 420 g/mol. The Morgan fingerprint density at radius 2 is 1.39 bits per heavy atom. The summed E-state index contributed by atoms with van der Waals surface area (Å²) in [6, 6.07) is 19.3. The predicted molar refractivity (Wildman–Crippen MR) is 118 cm³/mol. The number of rotatable bonds is 7. The SMILES string of the molecule is COc1cc2cc(F)c(Nc3ccc(Oc4ccccc4OC)cc3)nc2cc1OC. The Bertz CT molecular complexity index is 1210. The highest BCUT2D eigenvalue weighted by Gasteiger charge is 2.12. The van der Waals surface area contributed by atoms with E-state index < -0.39 is 5.82 Å². The van der Waals surface area contributed by atoms with Gasteiger partial charge in [0.05, 0.1) is 26.8 Å². The third kappa shape index (κ3) is 4.30. The fourth-order valence-electron chi connectivity index (χ4n) is 3.14. The van der Waals surface area contributed by atoms with E-state index in [9.17, 15) is 4.39 Å². The van der Waals surface area contributed by atoms with Gasteiger partial charge < -0.3 is 24.3 Å². The summed E-state index contributed by atoms with van der Waals surface area (Å²) in [5.74, 6) is 2.54. The van der Waals surface area contributed by atoms with Crippen molar-refractivity contribution >= 4 is 22.4 Å². The zero-order valence-electron chi connectivity index (χ0n) is 17.3. The third-order valence-corrected chi connectivity index (χ3v) is 4.69. The summed E-state index contributed by atoms with van der Waals surface area (Å²) in [6.07, 6.45) is 0. The molecule has 0 amide bonds. The summed E-state index contributed by atoms with van der Waals surface area (Å²) in [5.41, 5.74) is 1.25. The van der Waals surface area contributed by atoms with Gasteiger partial charge in [0.15, 0.2) is 34.6 Å². The molecule has 1 aromatic heterocycles. The minimum atomic E-state index is -0.478. The number of benzene rings is 3. The molecule has 0 aliphatic carbocycles. The molecule has 0 unspecified atom stereocenters. The van der Waals surface area contributed by atoms with Crippen molar-refractivity contribution in [2.24, 2.45) is 0 Å². The first-order valence-corrected chi connectivity index (χ1v) is 9.51. The zero-order chi connectivity index (χ0) is 21.8. The molecular formula is C24H21FN2O4. The van der Waals surface area contributed by atoms with Crippen molar-refractivity contribution in [1.29, 1.82) is 0 Å². The second-order valence-electron chi connectivity index (χ2n) is 6.62. The number of nitrogens with one attached hydrogen (secondary N) is 1. The number of ether oxygens (including phenoxy) is 4. The molecule has 31 heavy (non-hydrogen) atoms. The largest absolute Gasteiger partial charge is 0.493 e. The van der Waals surface area contributed by atoms with Gasteiger partial charge in [0.2, 0.25) is 0 Å². The normalized spacial score (nSPS) is 10.6. The van der Waals surface area contributed by atoms with Crippen molar-refractivity contribution < 1.29 is 23.3 Å². The van der Waals surface area contributed by atoms with E-state index in [2.05, 4.69) is 10.3 Å². The van der Waals surface area contributed by atoms with Crippen LogP contribution >= 0.6 is 0 Å². The Kier molecular flexibility index (Phi) is 5.75. The summed E-state index contributed by atoms with van der Waals surface area (Å²) in [6.45, 7) is 0. The molecule has 0 atom stereocenters. The maximum absolute atomic E-state index is 14.6. The zero-order valence-corrected chi connectivity index (χ0v) is 17.3. The van der Waals surface area contributed by atoms with E-state index in [0.29, 0.717) is 45.3 Å². The van der Waals surface area contributed by atoms with E-state index in [4.69, 9.17) is 18.9 Å². The number of fused-ring (bicyclic) bond motifs is 1. The van der Waals surface area contributed by atoms with Gasteiger partial charge in [-0.1, -0.05) is 12.1 Å². The van der Waals surface area contributed by atoms with Crippen molar-refractivity contribution in [2.75, 3.05) is 26.6 Å². The molecule has 6 nitrogen and oxygen atoms in total. The number of hydrogen-bond acceptors (Lipinski definition) is 6. The number of nitrogens with zero attached hydrogens (tertiary/aromatic N) is 1. The van der Waals surface area contributed by atoms with Crippen LogP contribution < -0.4 is 24.3 Å². The number of anilines is 2. The maximum Gasteiger partial charge on any atom is 0.169 e. The van der Waals surface area contributed by atoms with Gasteiger partial charge in [-0.25, -0.2) is 9.37 Å². The standard InChI is InChI=1S/C24H21FN2O4/c1-28-20-6-4-5-7-21(20)31-17-10-8-16(9-11-17)26-24-18(25)12-15-13-22(29-2)23(30-3)14-19(15)27-24/h4-14H,1-3H3,(H,26,27). The lowest BCUT2D eigenvalue weighted by Crippen LogP contribution is -1.99. The molecule has 0 fully saturated rings. The first-order valence-electron chi connectivity index (χ1n) is 9.51. The van der Waals surface area contributed by atoms with Gasteiger partial charge in [-0.05, 0) is 48.5 Å². The fraction of sp³-hybridized carbons (Fsp3) is 0.125. The maximum atomic E-state index is 14.6. The molecule has 3 aromatic carbocycles. The summed E-state index contributed by atoms with van der Waals surface area (Å²) in [4.78, 5) is 4.40. The van der Waals surface area contributed by atoms with Crippen LogP contribution in [0.15, 0.2) is 66.7 Å². The van der Waals surface area contributed by atoms with Crippen LogP contribution in [0.2, 0.25) is 0 Å². The minimum Gasteiger partial charge on any atom is -0.493 e. The third-order valence-electron chi connectivity index (χ3n) is 4.69. The Hall–Kier alpha value is -4.00. The van der Waals surface area contributed by atoms with E-state index in [-0.39, 0.29) is 5.82 Å². The van der Waals surface area contributed by atoms with Crippen LogP contribution in [0.4, 0.5) is 15.9 Å². The summed E-state index contributed by atoms with van der Waals surface area (Å²) in [7, 11) is 4.66. The minimum absolute atomic E-state index is 0.109. The lowest BCUT2D eigenvalue weighted by atomic mass is 10.2. The van der Waals surface area contributed by atoms with Crippen LogP contribution in [-0.2, 0) is 0 Å². The van der Waals surface area contributed by atoms with Gasteiger partial charge in [-0.2, -0.15) is 0 Å². The Morgan fingerprint density at radius 3 is 2.06 bits per heavy atom. The molecule has 0 radical (unpaired) electrons. The molecule has 1 N–H and O–H groups in total. The Morgan fingerprint density at radius 1 is 0.742 bits per heavy atom. The van der Waals surface area contributed by atoms with Crippen molar-refractivity contribution in [1.82, 2.24) is 4.98 Å². The quantitative estimate of drug-likeness (QED) is 0.400. The predicted octanol–water partition coefficient (Wildman–Crippen LogP) is 5.94. The van der Waals surface area contributed by atoms with Gasteiger partial charge in [0.1, 0.15) is 5.75 Å². The van der Waals surface area contributed by atoms with Crippen LogP contribution in [0.1, 0.15) is 0 Å². The smallest absolute Gasteiger partial charge is 0.169 e. The highest BCUT2D eigenvalue weighted by Crippen LogP contribution is 2.34. The van der Waals surface area contributed by atoms with Crippen molar-refractivity contribution in [3.63, 3.8) is 0 Å². The van der Waals surface area contributed by atoms with E-state index in [1.165, 1.54) is 13.2 Å². The van der Waals surface area contributed by atoms with Gasteiger partial charge in [0, 0.05) is 17.1 Å². The first kappa shape index (κ1) is 20.3. The molecule has 0 spiro atoms. The number of aromatic nitrogens is 1. The number of methoxy groups -OCH3 is 3. The number of para-hydroxylation sites is 2. The van der Waals surface area contributed by atoms with Crippen molar-refractivity contribution in [3.05, 3.63) is 72.5 Å². The van der Waals surface area contributed by atoms with E-state index >= 15 is 0 Å². The molecule has 158 valence electrons. The van der Waals surface area contributed by atoms with Gasteiger partial charge >= 0.3 is 0 Å². The number of halogens is 1. The van der Waals surface area contributed by atoms with Crippen LogP contribution in [0.3, 0.4) is 0 Å². The fourth-order valence-corrected chi connectivity index (χ4v) is 3.14. The van der Waals surface area contributed by atoms with Gasteiger partial charge in [-0.3, -0.25) is 0 Å². The van der Waals surface area contributed by atoms with E-state index in [1.807, 2.05) is 24.3 Å². The van der Waals surface area contributed by atoms with E-state index in [0.717, 1.165) is 0 Å². The molecule has 0 saturated carbocycles. The van der Waals surface area contributed by atoms with Crippen LogP contribution in [0, 0.1) is 5.82 Å². The number of pyridine rings is 1. The Balaban J connectivity index is 1.56. The van der Waals surface area contributed by atoms with Crippen molar-refractivity contribution in [2.45, 2.75) is 0 Å². The Labute approximate surface area is 179 Å². The highest BCUT2D eigenvalue weighted by molar-refractivity contribution is 5.84. The molecule has 7 heteroatoms. The lowest BCUT2D eigenvalue weighted by Gasteiger charge is -2.12. The van der Waals surface area contributed by atoms with Crippen LogP contribution in [0.25, 0.3) is 10.9 Å².